The maximum absolute atomic E-state index is 15.4. The first kappa shape index (κ1) is 38.4. The highest BCUT2D eigenvalue weighted by Crippen LogP contribution is 2.40. The number of aryl methyl sites for hydroxylation is 1. The normalized spacial score (nSPS) is 23.2. The van der Waals surface area contributed by atoms with Gasteiger partial charge in [-0.2, -0.15) is 0 Å². The van der Waals surface area contributed by atoms with E-state index < -0.39 is 68.9 Å². The molecular weight excluding hydrogens is 644 g/mol. The van der Waals surface area contributed by atoms with Crippen molar-refractivity contribution in [3.63, 3.8) is 0 Å². The molecule has 0 aliphatic carbocycles. The van der Waals surface area contributed by atoms with E-state index in [4.69, 9.17) is 4.74 Å². The second kappa shape index (κ2) is 12.1. The Morgan fingerprint density at radius 2 is 1.59 bits per heavy atom. The molecule has 19 heteroatoms. The zero-order chi connectivity index (χ0) is 37.3. The lowest BCUT2D eigenvalue weighted by Crippen LogP contribution is -2.80. The van der Waals surface area contributed by atoms with Crippen LogP contribution in [0.15, 0.2) is 36.4 Å². The summed E-state index contributed by atoms with van der Waals surface area (Å²) in [4.78, 5) is 39.7. The van der Waals surface area contributed by atoms with Gasteiger partial charge in [0.25, 0.3) is 23.5 Å². The highest BCUT2D eigenvalue weighted by Gasteiger charge is 2.67. The lowest BCUT2D eigenvalue weighted by Gasteiger charge is -2.52. The van der Waals surface area contributed by atoms with Crippen LogP contribution in [0.2, 0.25) is 0 Å². The average molecular weight is 686 g/mol. The molecule has 0 bridgehead atoms. The molecule has 15 nitrogen and oxygen atoms in total. The van der Waals surface area contributed by atoms with E-state index in [9.17, 15) is 50.1 Å². The third kappa shape index (κ3) is 6.74. The van der Waals surface area contributed by atoms with E-state index in [2.05, 4.69) is 5.32 Å². The highest BCUT2D eigenvalue weighted by molar-refractivity contribution is 6.41. The monoisotopic (exact) mass is 686 g/mol. The maximum Gasteiger partial charge on any atom is 0.303 e. The molecule has 2 fully saturated rings. The minimum absolute atomic E-state index is 0.0120. The van der Waals surface area contributed by atoms with Gasteiger partial charge in [-0.1, -0.05) is 18.2 Å². The molecule has 2 atom stereocenters. The lowest BCUT2D eigenvalue weighted by molar-refractivity contribution is -0.356. The van der Waals surface area contributed by atoms with E-state index in [0.29, 0.717) is 10.5 Å². The molecule has 2 unspecified atom stereocenters. The maximum atomic E-state index is 15.4. The van der Waals surface area contributed by atoms with Crippen LogP contribution in [0.3, 0.4) is 0 Å². The molecule has 9 N–H and O–H groups in total. The second-order valence-electron chi connectivity index (χ2n) is 14.7. The Morgan fingerprint density at radius 3 is 2.14 bits per heavy atom. The molecule has 0 radical (unpaired) electrons. The van der Waals surface area contributed by atoms with Gasteiger partial charge in [-0.25, -0.2) is 4.39 Å². The van der Waals surface area contributed by atoms with Gasteiger partial charge in [-0.3, -0.25) is 24.6 Å². The number of carbonyl (C=O) groups excluding carboxylic acids is 3. The Hall–Kier alpha value is -3.39. The van der Waals surface area contributed by atoms with Crippen molar-refractivity contribution >= 4 is 47.5 Å². The number of imide groups is 1. The first-order chi connectivity index (χ1) is 22.1. The molecule has 2 heterocycles. The quantitative estimate of drug-likeness (QED) is 0.0523. The van der Waals surface area contributed by atoms with Crippen molar-refractivity contribution in [3.05, 3.63) is 64.5 Å². The zero-order valence-electron chi connectivity index (χ0n) is 28.6. The van der Waals surface area contributed by atoms with E-state index in [-0.39, 0.29) is 36.3 Å². The van der Waals surface area contributed by atoms with Gasteiger partial charge < -0.3 is 50.7 Å². The molecule has 264 valence electrons. The summed E-state index contributed by atoms with van der Waals surface area (Å²) in [5.41, 5.74) is -3.35. The number of carbonyl (C=O) groups is 3. The summed E-state index contributed by atoms with van der Waals surface area (Å²) in [7, 11) is 4.14. The van der Waals surface area contributed by atoms with Gasteiger partial charge in [0.2, 0.25) is 6.41 Å². The summed E-state index contributed by atoms with van der Waals surface area (Å²) in [6, 6.07) is 5.26. The smallest absolute Gasteiger partial charge is 0.303 e. The first-order valence-electron chi connectivity index (χ1n) is 15.4. The van der Waals surface area contributed by atoms with Gasteiger partial charge in [0.05, 0.1) is 16.8 Å². The summed E-state index contributed by atoms with van der Waals surface area (Å²) in [6.07, 6.45) is 0.0120. The molecule has 0 spiro atoms. The van der Waals surface area contributed by atoms with E-state index in [1.807, 2.05) is 27.7 Å². The fraction of sp³-hybridized carbons (Fsp3) is 0.500. The topological polar surface area (TPSA) is 233 Å². The molecule has 49 heavy (non-hydrogen) atoms. The van der Waals surface area contributed by atoms with Gasteiger partial charge in [0.1, 0.15) is 27.1 Å². The molecule has 2 aromatic carbocycles. The fourth-order valence-electron chi connectivity index (χ4n) is 6.98. The summed E-state index contributed by atoms with van der Waals surface area (Å²) in [5.74, 6) is -15.3. The van der Waals surface area contributed by atoms with Crippen molar-refractivity contribution in [2.24, 2.45) is 0 Å². The van der Waals surface area contributed by atoms with Gasteiger partial charge in [-0.05, 0) is 69.5 Å². The van der Waals surface area contributed by atoms with Crippen LogP contribution in [-0.4, -0.2) is 129 Å². The predicted molar refractivity (Wildman–Crippen MR) is 179 cm³/mol. The number of piperidine rings is 1. The molecule has 2 aliphatic rings. The van der Waals surface area contributed by atoms with Gasteiger partial charge in [-0.15, -0.1) is 0 Å². The molecule has 4 rings (SSSR count). The summed E-state index contributed by atoms with van der Waals surface area (Å²) in [6.45, 7) is 9.57. The van der Waals surface area contributed by atoms with Crippen LogP contribution >= 0.6 is 0 Å². The Balaban J connectivity index is 1.77. The molecule has 0 saturated carbocycles. The minimum atomic E-state index is -3.92. The van der Waals surface area contributed by atoms with Crippen molar-refractivity contribution < 1.29 is 59.3 Å². The standard InChI is InChI=1S/C30H42B3FN4O11/c1-15-7-6-8-19(20(15)28(31,32)38(14-39)21-22(40)35-23(41)27(44,45)26(21,42)43)36-30(47,48)17-11-16(9-10-18(17)34)29(33,46)37-12-24(2,3)49-25(4,5)13-37/h6-11,14,21,36,42-48H,12-13,31-33H2,1-5H3,(H,35,40,41). The van der Waals surface area contributed by atoms with Crippen LogP contribution in [0, 0.1) is 12.7 Å². The minimum Gasteiger partial charge on any atom is -0.380 e. The Kier molecular flexibility index (Phi) is 9.52. The van der Waals surface area contributed by atoms with Crippen molar-refractivity contribution in [1.82, 2.24) is 15.1 Å². The van der Waals surface area contributed by atoms with E-state index in [1.165, 1.54) is 41.7 Å². The zero-order valence-corrected chi connectivity index (χ0v) is 28.6. The number of nitrogens with one attached hydrogen (secondary N) is 2. The number of nitrogens with zero attached hydrogens (tertiary/aromatic N) is 2. The molecule has 2 saturated heterocycles. The Labute approximate surface area is 284 Å². The van der Waals surface area contributed by atoms with Crippen molar-refractivity contribution in [1.29, 1.82) is 0 Å². The third-order valence-electron chi connectivity index (χ3n) is 9.13. The Bertz CT molecular complexity index is 1650. The number of morpholine rings is 1. The first-order valence-corrected chi connectivity index (χ1v) is 15.4. The van der Waals surface area contributed by atoms with Crippen LogP contribution < -0.4 is 10.6 Å². The Morgan fingerprint density at radius 1 is 1.02 bits per heavy atom. The summed E-state index contributed by atoms with van der Waals surface area (Å²) < 4.78 is 21.5. The summed E-state index contributed by atoms with van der Waals surface area (Å²) >= 11 is 0. The number of benzene rings is 2. The molecule has 3 amide bonds. The van der Waals surface area contributed by atoms with Crippen LogP contribution in [0.5, 0.6) is 0 Å². The van der Waals surface area contributed by atoms with E-state index in [0.717, 1.165) is 12.1 Å². The number of ether oxygens (including phenoxy) is 1. The van der Waals surface area contributed by atoms with Crippen LogP contribution in [0.1, 0.15) is 49.9 Å². The number of amides is 3. The average Bonchev–Trinajstić information content (AvgIpc) is 2.92. The van der Waals surface area contributed by atoms with Crippen LogP contribution in [-0.2, 0) is 36.0 Å². The highest BCUT2D eigenvalue weighted by atomic mass is 19.1. The SMILES string of the molecule is BC(B)(c1c(C)cccc1NC(O)(O)c1cc(C(B)(O)N2CC(C)(C)OC(C)(C)C2)ccc1F)N(C=O)C1C(=O)NC(=O)C(O)(O)C1(O)O. The fourth-order valence-corrected chi connectivity index (χ4v) is 6.98. The number of hydrogen-bond acceptors (Lipinski definition) is 13. The van der Waals surface area contributed by atoms with Crippen LogP contribution in [0.25, 0.3) is 0 Å². The molecule has 0 aromatic heterocycles. The van der Waals surface area contributed by atoms with Gasteiger partial charge in [0.15, 0.2) is 13.9 Å². The van der Waals surface area contributed by atoms with Crippen molar-refractivity contribution in [2.45, 2.75) is 80.3 Å². The summed E-state index contributed by atoms with van der Waals surface area (Å²) in [5, 5.41) is 78.5. The van der Waals surface area contributed by atoms with Gasteiger partial charge in [0, 0.05) is 24.1 Å². The van der Waals surface area contributed by atoms with Crippen molar-refractivity contribution in [2.75, 3.05) is 18.4 Å². The number of halogens is 1. The van der Waals surface area contributed by atoms with E-state index in [1.54, 1.807) is 23.2 Å². The van der Waals surface area contributed by atoms with Crippen LogP contribution in [0.4, 0.5) is 10.1 Å². The van der Waals surface area contributed by atoms with Gasteiger partial charge >= 0.3 is 5.79 Å². The third-order valence-corrected chi connectivity index (χ3v) is 9.13. The predicted octanol–water partition coefficient (Wildman–Crippen LogP) is -4.81. The molecular formula is C30H42B3FN4O11. The van der Waals surface area contributed by atoms with E-state index >= 15 is 4.39 Å². The number of rotatable bonds is 9. The lowest BCUT2D eigenvalue weighted by atomic mass is 9.55. The molecule has 2 aliphatic heterocycles. The number of aliphatic hydroxyl groups is 7. The molecule has 2 aromatic rings. The largest absolute Gasteiger partial charge is 0.380 e. The second-order valence-corrected chi connectivity index (χ2v) is 14.7. The van der Waals surface area contributed by atoms with Crippen molar-refractivity contribution in [3.8, 4) is 0 Å². The number of hydrogen-bond donors (Lipinski definition) is 9. The number of anilines is 1.